The molecule has 0 N–H and O–H groups in total. The Bertz CT molecular complexity index is 3180. The van der Waals surface area contributed by atoms with E-state index in [2.05, 4.69) is 216 Å². The average Bonchev–Trinajstić information content (AvgIpc) is 3.80. The number of nitrogens with zero attached hydrogens (tertiary/aromatic N) is 2. The summed E-state index contributed by atoms with van der Waals surface area (Å²) in [6.45, 7) is 0. The fourth-order valence-electron chi connectivity index (χ4n) is 8.37. The number of benzene rings is 9. The number of fused-ring (bicyclic) bond motifs is 8. The van der Waals surface area contributed by atoms with E-state index in [4.69, 9.17) is 4.42 Å². The molecule has 11 aromatic rings. The van der Waals surface area contributed by atoms with Gasteiger partial charge in [0.05, 0.1) is 11.0 Å². The lowest BCUT2D eigenvalue weighted by Gasteiger charge is -2.26. The maximum atomic E-state index is 6.54. The molecular formula is C52H34N2O. The number of hydrogen-bond donors (Lipinski definition) is 0. The van der Waals surface area contributed by atoms with Crippen LogP contribution in [0.5, 0.6) is 0 Å². The van der Waals surface area contributed by atoms with Gasteiger partial charge in [0, 0.05) is 50.4 Å². The Hall–Kier alpha value is -7.36. The van der Waals surface area contributed by atoms with Crippen molar-refractivity contribution in [3.8, 4) is 27.9 Å². The van der Waals surface area contributed by atoms with Crippen molar-refractivity contribution >= 4 is 71.6 Å². The summed E-state index contributed by atoms with van der Waals surface area (Å²) in [4.78, 5) is 2.32. The van der Waals surface area contributed by atoms with E-state index in [1.54, 1.807) is 0 Å². The standard InChI is InChI=1S/C52H34N2O/c1-3-11-35(12-4-1)36-19-25-41(26-20-36)53(43-29-30-46-51(34-43)55-50-32-24-38-13-7-8-16-44(38)52(46)50)42-27-21-37(22-28-42)39-23-31-49-47(33-39)45-17-9-10-18-48(45)54(49)40-14-5-2-6-15-40/h1-34H. The highest BCUT2D eigenvalue weighted by Crippen LogP contribution is 2.42. The number of anilines is 3. The highest BCUT2D eigenvalue weighted by molar-refractivity contribution is 6.19. The van der Waals surface area contributed by atoms with Crippen molar-refractivity contribution in [2.45, 2.75) is 0 Å². The van der Waals surface area contributed by atoms with E-state index in [0.717, 1.165) is 44.7 Å². The van der Waals surface area contributed by atoms with Crippen LogP contribution in [0, 0.1) is 0 Å². The summed E-state index contributed by atoms with van der Waals surface area (Å²) in [6, 6.07) is 73.8. The van der Waals surface area contributed by atoms with Gasteiger partial charge in [0.25, 0.3) is 0 Å². The zero-order valence-corrected chi connectivity index (χ0v) is 29.9. The summed E-state index contributed by atoms with van der Waals surface area (Å²) in [5.41, 5.74) is 13.3. The zero-order chi connectivity index (χ0) is 36.3. The van der Waals surface area contributed by atoms with Crippen molar-refractivity contribution in [1.82, 2.24) is 4.57 Å². The van der Waals surface area contributed by atoms with Gasteiger partial charge in [-0.2, -0.15) is 0 Å². The summed E-state index contributed by atoms with van der Waals surface area (Å²) in [5, 5.41) is 7.19. The van der Waals surface area contributed by atoms with Crippen molar-refractivity contribution in [2.75, 3.05) is 4.90 Å². The van der Waals surface area contributed by atoms with Crippen molar-refractivity contribution < 1.29 is 4.42 Å². The number of para-hydroxylation sites is 2. The molecule has 0 atom stereocenters. The molecule has 3 heteroatoms. The summed E-state index contributed by atoms with van der Waals surface area (Å²) in [5.74, 6) is 0. The first kappa shape index (κ1) is 31.2. The lowest BCUT2D eigenvalue weighted by atomic mass is 10.0. The van der Waals surface area contributed by atoms with Crippen molar-refractivity contribution in [1.29, 1.82) is 0 Å². The van der Waals surface area contributed by atoms with Crippen LogP contribution >= 0.6 is 0 Å². The third-order valence-electron chi connectivity index (χ3n) is 11.0. The number of aromatic nitrogens is 1. The van der Waals surface area contributed by atoms with Gasteiger partial charge in [0.1, 0.15) is 11.2 Å². The Morgan fingerprint density at radius 2 is 0.927 bits per heavy atom. The molecule has 0 aliphatic rings. The van der Waals surface area contributed by atoms with Gasteiger partial charge in [0.2, 0.25) is 0 Å². The number of furan rings is 1. The molecule has 0 aliphatic carbocycles. The largest absolute Gasteiger partial charge is 0.456 e. The minimum absolute atomic E-state index is 0.870. The van der Waals surface area contributed by atoms with Gasteiger partial charge in [-0.15, -0.1) is 0 Å². The Labute approximate surface area is 318 Å². The smallest absolute Gasteiger partial charge is 0.137 e. The van der Waals surface area contributed by atoms with E-state index in [-0.39, 0.29) is 0 Å². The molecule has 0 bridgehead atoms. The minimum atomic E-state index is 0.870. The van der Waals surface area contributed by atoms with Crippen molar-refractivity contribution in [3.05, 3.63) is 206 Å². The molecule has 0 aliphatic heterocycles. The van der Waals surface area contributed by atoms with E-state index in [1.165, 1.54) is 54.8 Å². The summed E-state index contributed by atoms with van der Waals surface area (Å²) in [7, 11) is 0. The van der Waals surface area contributed by atoms with Crippen LogP contribution in [-0.4, -0.2) is 4.57 Å². The molecule has 0 fully saturated rings. The minimum Gasteiger partial charge on any atom is -0.456 e. The molecule has 2 heterocycles. The van der Waals surface area contributed by atoms with E-state index in [1.807, 2.05) is 0 Å². The van der Waals surface area contributed by atoms with Gasteiger partial charge < -0.3 is 13.9 Å². The zero-order valence-electron chi connectivity index (χ0n) is 29.9. The molecule has 0 saturated carbocycles. The summed E-state index contributed by atoms with van der Waals surface area (Å²) in [6.07, 6.45) is 0. The number of rotatable bonds is 6. The van der Waals surface area contributed by atoms with Crippen LogP contribution in [-0.2, 0) is 0 Å². The average molecular weight is 703 g/mol. The van der Waals surface area contributed by atoms with Gasteiger partial charge in [-0.05, 0) is 106 Å². The first-order valence-electron chi connectivity index (χ1n) is 18.8. The summed E-state index contributed by atoms with van der Waals surface area (Å²) < 4.78 is 8.91. The molecule has 9 aromatic carbocycles. The molecule has 0 spiro atoms. The van der Waals surface area contributed by atoms with Crippen LogP contribution in [0.1, 0.15) is 0 Å². The second-order valence-electron chi connectivity index (χ2n) is 14.2. The molecule has 0 radical (unpaired) electrons. The van der Waals surface area contributed by atoms with Crippen molar-refractivity contribution in [2.24, 2.45) is 0 Å². The highest BCUT2D eigenvalue weighted by atomic mass is 16.3. The maximum absolute atomic E-state index is 6.54. The predicted octanol–water partition coefficient (Wildman–Crippen LogP) is 14.6. The van der Waals surface area contributed by atoms with E-state index >= 15 is 0 Å². The fourth-order valence-corrected chi connectivity index (χ4v) is 8.37. The topological polar surface area (TPSA) is 21.3 Å². The van der Waals surface area contributed by atoms with Crippen LogP contribution in [0.3, 0.4) is 0 Å². The second-order valence-corrected chi connectivity index (χ2v) is 14.2. The Balaban J connectivity index is 1.02. The SMILES string of the molecule is c1ccc(-c2ccc(N(c3ccc(-c4ccc5c(c4)c4ccccc4n5-c4ccccc4)cc3)c3ccc4c(c3)oc3ccc5ccccc5c34)cc2)cc1. The van der Waals surface area contributed by atoms with Gasteiger partial charge in [-0.3, -0.25) is 0 Å². The van der Waals surface area contributed by atoms with Crippen LogP contribution in [0.4, 0.5) is 17.1 Å². The fraction of sp³-hybridized carbons (Fsp3) is 0. The highest BCUT2D eigenvalue weighted by Gasteiger charge is 2.18. The molecule has 3 nitrogen and oxygen atoms in total. The summed E-state index contributed by atoms with van der Waals surface area (Å²) >= 11 is 0. The van der Waals surface area contributed by atoms with Gasteiger partial charge in [-0.25, -0.2) is 0 Å². The third kappa shape index (κ3) is 5.20. The Morgan fingerprint density at radius 3 is 1.69 bits per heavy atom. The van der Waals surface area contributed by atoms with Crippen LogP contribution in [0.25, 0.3) is 82.5 Å². The lowest BCUT2D eigenvalue weighted by Crippen LogP contribution is -2.09. The molecule has 2 aromatic heterocycles. The molecular weight excluding hydrogens is 669 g/mol. The van der Waals surface area contributed by atoms with E-state index < -0.39 is 0 Å². The van der Waals surface area contributed by atoms with Gasteiger partial charge in [-0.1, -0.05) is 127 Å². The first-order chi connectivity index (χ1) is 27.3. The van der Waals surface area contributed by atoms with Crippen LogP contribution in [0.15, 0.2) is 211 Å². The molecule has 258 valence electrons. The molecule has 0 unspecified atom stereocenters. The third-order valence-corrected chi connectivity index (χ3v) is 11.0. The molecule has 11 rings (SSSR count). The normalized spacial score (nSPS) is 11.6. The van der Waals surface area contributed by atoms with Gasteiger partial charge in [0.15, 0.2) is 0 Å². The monoisotopic (exact) mass is 702 g/mol. The van der Waals surface area contributed by atoms with Crippen LogP contribution in [0.2, 0.25) is 0 Å². The van der Waals surface area contributed by atoms with Crippen molar-refractivity contribution in [3.63, 3.8) is 0 Å². The second kappa shape index (κ2) is 12.6. The Kier molecular flexibility index (Phi) is 7.17. The van der Waals surface area contributed by atoms with E-state index in [9.17, 15) is 0 Å². The molecule has 0 amide bonds. The Morgan fingerprint density at radius 1 is 0.345 bits per heavy atom. The van der Waals surface area contributed by atoms with Crippen LogP contribution < -0.4 is 4.90 Å². The maximum Gasteiger partial charge on any atom is 0.137 e. The van der Waals surface area contributed by atoms with E-state index in [0.29, 0.717) is 0 Å². The lowest BCUT2D eigenvalue weighted by molar-refractivity contribution is 0.669. The quantitative estimate of drug-likeness (QED) is 0.172. The molecule has 0 saturated heterocycles. The number of hydrogen-bond acceptors (Lipinski definition) is 2. The molecule has 55 heavy (non-hydrogen) atoms. The first-order valence-corrected chi connectivity index (χ1v) is 18.8. The predicted molar refractivity (Wildman–Crippen MR) is 231 cm³/mol. The van der Waals surface area contributed by atoms with Gasteiger partial charge >= 0.3 is 0 Å².